The van der Waals surface area contributed by atoms with Crippen molar-refractivity contribution in [2.75, 3.05) is 5.32 Å². The molecule has 0 radical (unpaired) electrons. The molecule has 4 rings (SSSR count). The Kier molecular flexibility index (Phi) is 3.03. The number of nitrogens with one attached hydrogen (secondary N) is 1. The van der Waals surface area contributed by atoms with Gasteiger partial charge >= 0.3 is 0 Å². The highest BCUT2D eigenvalue weighted by molar-refractivity contribution is 5.60. The lowest BCUT2D eigenvalue weighted by Gasteiger charge is -2.37. The van der Waals surface area contributed by atoms with Gasteiger partial charge in [0.15, 0.2) is 0 Å². The van der Waals surface area contributed by atoms with E-state index in [1.165, 1.54) is 6.07 Å². The van der Waals surface area contributed by atoms with Crippen molar-refractivity contribution in [1.82, 2.24) is 0 Å². The van der Waals surface area contributed by atoms with E-state index in [0.717, 1.165) is 17.5 Å². The van der Waals surface area contributed by atoms with E-state index < -0.39 is 0 Å². The van der Waals surface area contributed by atoms with E-state index >= 15 is 0 Å². The fourth-order valence-electron chi connectivity index (χ4n) is 3.66. The van der Waals surface area contributed by atoms with Crippen LogP contribution in [-0.2, 0) is 0 Å². The Hall–Kier alpha value is -2.49. The maximum atomic E-state index is 14.2. The predicted molar refractivity (Wildman–Crippen MR) is 84.6 cm³/mol. The standard InChI is InChI=1S/C18H15FN2O/c19-16-6-2-5-15-13-3-1-4-14(13)17(20-18(15)16)11-7-9-12(21-22)10-8-11/h1-3,5-10,13-14,17,20H,4H2. The van der Waals surface area contributed by atoms with Crippen LogP contribution in [0.25, 0.3) is 0 Å². The number of benzene rings is 2. The minimum atomic E-state index is -0.215. The van der Waals surface area contributed by atoms with Gasteiger partial charge in [-0.3, -0.25) is 0 Å². The number of allylic oxidation sites excluding steroid dienone is 2. The molecular weight excluding hydrogens is 279 g/mol. The monoisotopic (exact) mass is 294 g/mol. The first-order chi connectivity index (χ1) is 10.8. The molecule has 3 nitrogen and oxygen atoms in total. The second kappa shape index (κ2) is 5.05. The van der Waals surface area contributed by atoms with Crippen molar-refractivity contribution >= 4 is 11.4 Å². The summed E-state index contributed by atoms with van der Waals surface area (Å²) in [5.41, 5.74) is 3.09. The Morgan fingerprint density at radius 2 is 1.95 bits per heavy atom. The van der Waals surface area contributed by atoms with Crippen molar-refractivity contribution in [3.8, 4) is 0 Å². The van der Waals surface area contributed by atoms with Gasteiger partial charge in [-0.1, -0.05) is 36.4 Å². The summed E-state index contributed by atoms with van der Waals surface area (Å²) in [6.45, 7) is 0. The zero-order valence-corrected chi connectivity index (χ0v) is 11.9. The van der Waals surface area contributed by atoms with Crippen molar-refractivity contribution in [3.05, 3.63) is 76.5 Å². The lowest BCUT2D eigenvalue weighted by molar-refractivity contribution is 0.421. The number of nitrogens with zero attached hydrogens (tertiary/aromatic N) is 1. The van der Waals surface area contributed by atoms with Gasteiger partial charge in [-0.2, -0.15) is 0 Å². The number of hydrogen-bond acceptors (Lipinski definition) is 3. The van der Waals surface area contributed by atoms with Gasteiger partial charge in [-0.15, -0.1) is 4.91 Å². The molecule has 1 aliphatic carbocycles. The Labute approximate surface area is 127 Å². The molecule has 110 valence electrons. The number of fused-ring (bicyclic) bond motifs is 3. The molecule has 0 spiro atoms. The summed E-state index contributed by atoms with van der Waals surface area (Å²) in [7, 11) is 0. The number of anilines is 1. The summed E-state index contributed by atoms with van der Waals surface area (Å²) >= 11 is 0. The van der Waals surface area contributed by atoms with Crippen molar-refractivity contribution in [1.29, 1.82) is 0 Å². The average molecular weight is 294 g/mol. The first-order valence-electron chi connectivity index (χ1n) is 7.43. The minimum Gasteiger partial charge on any atom is -0.375 e. The van der Waals surface area contributed by atoms with Crippen molar-refractivity contribution < 1.29 is 4.39 Å². The fourth-order valence-corrected chi connectivity index (χ4v) is 3.66. The molecule has 3 unspecified atom stereocenters. The third kappa shape index (κ3) is 1.95. The molecule has 0 bridgehead atoms. The van der Waals surface area contributed by atoms with Gasteiger partial charge in [0.2, 0.25) is 0 Å². The topological polar surface area (TPSA) is 41.5 Å². The summed E-state index contributed by atoms with van der Waals surface area (Å²) < 4.78 is 14.2. The first kappa shape index (κ1) is 13.2. The molecule has 0 amide bonds. The van der Waals surface area contributed by atoms with Gasteiger partial charge < -0.3 is 5.32 Å². The molecule has 2 aromatic rings. The summed E-state index contributed by atoms with van der Waals surface area (Å²) in [5.74, 6) is 0.387. The van der Waals surface area contributed by atoms with E-state index in [4.69, 9.17) is 0 Å². The SMILES string of the molecule is O=Nc1ccc(C2Nc3c(F)cccc3C3C=CCC32)cc1. The van der Waals surface area contributed by atoms with Gasteiger partial charge in [0, 0.05) is 5.92 Å². The molecule has 0 fully saturated rings. The highest BCUT2D eigenvalue weighted by Gasteiger charge is 2.38. The van der Waals surface area contributed by atoms with E-state index in [2.05, 4.69) is 22.6 Å². The summed E-state index contributed by atoms with van der Waals surface area (Å²) in [4.78, 5) is 10.6. The van der Waals surface area contributed by atoms with Crippen molar-refractivity contribution in [2.24, 2.45) is 11.1 Å². The summed E-state index contributed by atoms with van der Waals surface area (Å²) in [6, 6.07) is 12.5. The third-order valence-electron chi connectivity index (χ3n) is 4.70. The maximum Gasteiger partial charge on any atom is 0.146 e. The van der Waals surface area contributed by atoms with Gasteiger partial charge in [-0.05, 0) is 46.8 Å². The number of para-hydroxylation sites is 1. The van der Waals surface area contributed by atoms with Crippen LogP contribution in [0.1, 0.15) is 29.5 Å². The van der Waals surface area contributed by atoms with Crippen molar-refractivity contribution in [3.63, 3.8) is 0 Å². The summed E-state index contributed by atoms with van der Waals surface area (Å²) in [6.07, 6.45) is 5.31. The fraction of sp³-hybridized carbons (Fsp3) is 0.222. The van der Waals surface area contributed by atoms with Crippen LogP contribution in [0.15, 0.2) is 59.8 Å². The first-order valence-corrected chi connectivity index (χ1v) is 7.43. The van der Waals surface area contributed by atoms with Crippen LogP contribution in [-0.4, -0.2) is 0 Å². The molecule has 2 aromatic carbocycles. The quantitative estimate of drug-likeness (QED) is 0.622. The molecule has 0 saturated heterocycles. The zero-order valence-electron chi connectivity index (χ0n) is 11.9. The highest BCUT2D eigenvalue weighted by atomic mass is 19.1. The molecule has 0 saturated carbocycles. The van der Waals surface area contributed by atoms with E-state index in [9.17, 15) is 9.30 Å². The molecule has 2 aliphatic rings. The Balaban J connectivity index is 1.78. The molecular formula is C18H15FN2O. The zero-order chi connectivity index (χ0) is 15.1. The molecule has 1 N–H and O–H groups in total. The Morgan fingerprint density at radius 1 is 1.14 bits per heavy atom. The number of nitroso groups, excluding NO2 is 1. The minimum absolute atomic E-state index is 0.0325. The van der Waals surface area contributed by atoms with Crippen LogP contribution in [0.5, 0.6) is 0 Å². The largest absolute Gasteiger partial charge is 0.375 e. The second-order valence-corrected chi connectivity index (χ2v) is 5.86. The van der Waals surface area contributed by atoms with Gasteiger partial charge in [0.05, 0.1) is 11.7 Å². The third-order valence-corrected chi connectivity index (χ3v) is 4.70. The number of halogens is 1. The molecule has 4 heteroatoms. The molecule has 22 heavy (non-hydrogen) atoms. The van der Waals surface area contributed by atoms with Crippen LogP contribution < -0.4 is 5.32 Å². The van der Waals surface area contributed by atoms with E-state index in [1.54, 1.807) is 18.2 Å². The second-order valence-electron chi connectivity index (χ2n) is 5.86. The molecule has 0 aromatic heterocycles. The van der Waals surface area contributed by atoms with Crippen LogP contribution in [0, 0.1) is 16.6 Å². The van der Waals surface area contributed by atoms with Gasteiger partial charge in [0.1, 0.15) is 11.5 Å². The normalized spacial score (nSPS) is 25.2. The molecule has 3 atom stereocenters. The van der Waals surface area contributed by atoms with E-state index in [1.807, 2.05) is 18.2 Å². The molecule has 1 aliphatic heterocycles. The van der Waals surface area contributed by atoms with Gasteiger partial charge in [-0.25, -0.2) is 4.39 Å². The smallest absolute Gasteiger partial charge is 0.146 e. The Morgan fingerprint density at radius 3 is 2.73 bits per heavy atom. The van der Waals surface area contributed by atoms with Crippen LogP contribution in [0.3, 0.4) is 0 Å². The summed E-state index contributed by atoms with van der Waals surface area (Å²) in [5, 5.41) is 6.30. The van der Waals surface area contributed by atoms with Crippen LogP contribution >= 0.6 is 0 Å². The maximum absolute atomic E-state index is 14.2. The van der Waals surface area contributed by atoms with Crippen LogP contribution in [0.4, 0.5) is 15.8 Å². The van der Waals surface area contributed by atoms with Crippen molar-refractivity contribution in [2.45, 2.75) is 18.4 Å². The van der Waals surface area contributed by atoms with E-state index in [0.29, 0.717) is 17.3 Å². The van der Waals surface area contributed by atoms with Gasteiger partial charge in [0.25, 0.3) is 0 Å². The molecule has 1 heterocycles. The predicted octanol–water partition coefficient (Wildman–Crippen LogP) is 5.05. The van der Waals surface area contributed by atoms with Crippen LogP contribution in [0.2, 0.25) is 0 Å². The number of rotatable bonds is 2. The Bertz CT molecular complexity index is 754. The highest BCUT2D eigenvalue weighted by Crippen LogP contribution is 2.50. The average Bonchev–Trinajstić information content (AvgIpc) is 3.05. The lowest BCUT2D eigenvalue weighted by atomic mass is 9.77. The van der Waals surface area contributed by atoms with E-state index in [-0.39, 0.29) is 17.8 Å². The number of hydrogen-bond donors (Lipinski definition) is 1. The lowest BCUT2D eigenvalue weighted by Crippen LogP contribution is -2.29.